The van der Waals surface area contributed by atoms with E-state index in [4.69, 9.17) is 0 Å². The van der Waals surface area contributed by atoms with Gasteiger partial charge in [-0.1, -0.05) is 74.5 Å². The molecular weight excluding hydrogens is 267 g/mol. The third-order valence-corrected chi connectivity index (χ3v) is 7.53. The molecule has 0 heterocycles. The lowest BCUT2D eigenvalue weighted by atomic mass is 10.1. The minimum atomic E-state index is -2.84. The molecule has 2 aromatic carbocycles. The molecular formula is C17H21O2P. The number of hydrogen-bond acceptors (Lipinski definition) is 2. The zero-order valence-corrected chi connectivity index (χ0v) is 12.8. The van der Waals surface area contributed by atoms with E-state index in [1.807, 2.05) is 74.5 Å². The summed E-state index contributed by atoms with van der Waals surface area (Å²) in [5.41, 5.74) is -0.257. The standard InChI is InChI=1S/C17H21O2P/c1-14(2)17(13-18)20(19,15-9-5-3-6-10-15)16-11-7-4-8-12-16/h3-12,14,17-18H,13H2,1-2H3. The lowest BCUT2D eigenvalue weighted by molar-refractivity contribution is 0.270. The minimum absolute atomic E-state index is 0.0707. The number of benzene rings is 2. The van der Waals surface area contributed by atoms with Gasteiger partial charge < -0.3 is 9.67 Å². The van der Waals surface area contributed by atoms with E-state index in [1.165, 1.54) is 0 Å². The molecule has 0 radical (unpaired) electrons. The molecule has 1 unspecified atom stereocenters. The van der Waals surface area contributed by atoms with Crippen LogP contribution in [0.4, 0.5) is 0 Å². The van der Waals surface area contributed by atoms with Crippen molar-refractivity contribution >= 4 is 17.8 Å². The van der Waals surface area contributed by atoms with Crippen molar-refractivity contribution in [3.63, 3.8) is 0 Å². The maximum Gasteiger partial charge on any atom is 0.148 e. The summed E-state index contributed by atoms with van der Waals surface area (Å²) >= 11 is 0. The molecule has 2 aromatic rings. The molecule has 0 saturated carbocycles. The lowest BCUT2D eigenvalue weighted by Crippen LogP contribution is -2.32. The van der Waals surface area contributed by atoms with Crippen molar-refractivity contribution in [3.05, 3.63) is 60.7 Å². The largest absolute Gasteiger partial charge is 0.396 e. The quantitative estimate of drug-likeness (QED) is 0.859. The first-order valence-electron chi connectivity index (χ1n) is 6.92. The Balaban J connectivity index is 2.64. The maximum absolute atomic E-state index is 13.8. The van der Waals surface area contributed by atoms with Crippen LogP contribution in [0.1, 0.15) is 13.8 Å². The number of aliphatic hydroxyl groups excluding tert-OH is 1. The van der Waals surface area contributed by atoms with Crippen LogP contribution in [-0.4, -0.2) is 17.4 Å². The summed E-state index contributed by atoms with van der Waals surface area (Å²) in [6.45, 7) is 3.96. The second kappa shape index (κ2) is 6.39. The topological polar surface area (TPSA) is 37.3 Å². The van der Waals surface area contributed by atoms with Crippen LogP contribution in [-0.2, 0) is 4.57 Å². The van der Waals surface area contributed by atoms with Crippen LogP contribution in [0.2, 0.25) is 0 Å². The fourth-order valence-corrected chi connectivity index (χ4v) is 5.94. The number of rotatable bonds is 5. The first kappa shape index (κ1) is 15.0. The number of hydrogen-bond donors (Lipinski definition) is 1. The molecule has 0 aliphatic rings. The Morgan fingerprint density at radius 2 is 1.30 bits per heavy atom. The third kappa shape index (κ3) is 2.72. The van der Waals surface area contributed by atoms with Crippen LogP contribution < -0.4 is 10.6 Å². The van der Waals surface area contributed by atoms with Crippen molar-refractivity contribution in [2.45, 2.75) is 19.5 Å². The Morgan fingerprint density at radius 3 is 1.60 bits per heavy atom. The Hall–Kier alpha value is -1.37. The first-order valence-corrected chi connectivity index (χ1v) is 8.70. The van der Waals surface area contributed by atoms with E-state index in [-0.39, 0.29) is 18.2 Å². The average Bonchev–Trinajstić information content (AvgIpc) is 2.49. The second-order valence-corrected chi connectivity index (χ2v) is 8.34. The van der Waals surface area contributed by atoms with Gasteiger partial charge in [0, 0.05) is 16.3 Å². The summed E-state index contributed by atoms with van der Waals surface area (Å²) in [4.78, 5) is 0. The van der Waals surface area contributed by atoms with Gasteiger partial charge in [-0.2, -0.15) is 0 Å². The molecule has 20 heavy (non-hydrogen) atoms. The van der Waals surface area contributed by atoms with E-state index in [1.54, 1.807) is 0 Å². The molecule has 1 atom stereocenters. The molecule has 3 heteroatoms. The monoisotopic (exact) mass is 288 g/mol. The van der Waals surface area contributed by atoms with Crippen LogP contribution in [0.3, 0.4) is 0 Å². The Morgan fingerprint density at radius 1 is 0.900 bits per heavy atom. The van der Waals surface area contributed by atoms with Gasteiger partial charge in [-0.25, -0.2) is 0 Å². The van der Waals surface area contributed by atoms with Gasteiger partial charge in [-0.05, 0) is 5.92 Å². The Labute approximate surface area is 120 Å². The fraction of sp³-hybridized carbons (Fsp3) is 0.294. The van der Waals surface area contributed by atoms with Crippen LogP contribution in [0.15, 0.2) is 60.7 Å². The lowest BCUT2D eigenvalue weighted by Gasteiger charge is -2.30. The van der Waals surface area contributed by atoms with E-state index in [2.05, 4.69) is 0 Å². The molecule has 0 aliphatic carbocycles. The van der Waals surface area contributed by atoms with Crippen molar-refractivity contribution in [1.29, 1.82) is 0 Å². The van der Waals surface area contributed by atoms with Crippen molar-refractivity contribution in [3.8, 4) is 0 Å². The van der Waals surface area contributed by atoms with Gasteiger partial charge in [0.25, 0.3) is 0 Å². The molecule has 0 aliphatic heterocycles. The number of aliphatic hydroxyl groups is 1. The molecule has 2 nitrogen and oxygen atoms in total. The molecule has 0 spiro atoms. The highest BCUT2D eigenvalue weighted by molar-refractivity contribution is 7.79. The predicted molar refractivity (Wildman–Crippen MR) is 85.5 cm³/mol. The van der Waals surface area contributed by atoms with Crippen molar-refractivity contribution in [2.24, 2.45) is 5.92 Å². The highest BCUT2D eigenvalue weighted by atomic mass is 31.2. The van der Waals surface area contributed by atoms with Crippen molar-refractivity contribution < 1.29 is 9.67 Å². The van der Waals surface area contributed by atoms with Crippen LogP contribution >= 0.6 is 7.14 Å². The Bertz CT molecular complexity index is 535. The zero-order chi connectivity index (χ0) is 14.6. The van der Waals surface area contributed by atoms with Crippen molar-refractivity contribution in [2.75, 3.05) is 6.61 Å². The summed E-state index contributed by atoms with van der Waals surface area (Å²) < 4.78 is 13.8. The first-order chi connectivity index (χ1) is 9.60. The van der Waals surface area contributed by atoms with Crippen LogP contribution in [0.5, 0.6) is 0 Å². The smallest absolute Gasteiger partial charge is 0.148 e. The van der Waals surface area contributed by atoms with Gasteiger partial charge >= 0.3 is 0 Å². The summed E-state index contributed by atoms with van der Waals surface area (Å²) in [7, 11) is -2.84. The summed E-state index contributed by atoms with van der Waals surface area (Å²) in [5.74, 6) is 0.145. The van der Waals surface area contributed by atoms with Gasteiger partial charge in [0.05, 0.1) is 6.61 Å². The molecule has 2 rings (SSSR count). The SMILES string of the molecule is CC(C)C(CO)P(=O)(c1ccccc1)c1ccccc1. The minimum Gasteiger partial charge on any atom is -0.396 e. The van der Waals surface area contributed by atoms with Gasteiger partial charge in [0.2, 0.25) is 0 Å². The fourth-order valence-electron chi connectivity index (χ4n) is 2.58. The Kier molecular flexibility index (Phi) is 4.80. The maximum atomic E-state index is 13.8. The molecule has 1 N–H and O–H groups in total. The molecule has 0 bridgehead atoms. The molecule has 0 aromatic heterocycles. The summed E-state index contributed by atoms with van der Waals surface area (Å²) in [6.07, 6.45) is 0. The molecule has 106 valence electrons. The highest BCUT2D eigenvalue weighted by Gasteiger charge is 2.37. The molecule has 0 fully saturated rings. The highest BCUT2D eigenvalue weighted by Crippen LogP contribution is 2.51. The van der Waals surface area contributed by atoms with E-state index < -0.39 is 7.14 Å². The van der Waals surface area contributed by atoms with E-state index in [0.717, 1.165) is 10.6 Å². The average molecular weight is 288 g/mol. The molecule has 0 saturated heterocycles. The second-order valence-electron chi connectivity index (χ2n) is 5.32. The van der Waals surface area contributed by atoms with Crippen LogP contribution in [0, 0.1) is 5.92 Å². The van der Waals surface area contributed by atoms with Gasteiger partial charge in [0.15, 0.2) is 0 Å². The van der Waals surface area contributed by atoms with Gasteiger partial charge in [-0.15, -0.1) is 0 Å². The van der Waals surface area contributed by atoms with Gasteiger partial charge in [-0.3, -0.25) is 0 Å². The summed E-state index contributed by atoms with van der Waals surface area (Å²) in [5, 5.41) is 11.4. The predicted octanol–water partition coefficient (Wildman–Crippen LogP) is 3.02. The normalized spacial score (nSPS) is 13.4. The van der Waals surface area contributed by atoms with E-state index in [0.29, 0.717) is 0 Å². The van der Waals surface area contributed by atoms with Crippen LogP contribution in [0.25, 0.3) is 0 Å². The summed E-state index contributed by atoms with van der Waals surface area (Å²) in [6, 6.07) is 19.1. The van der Waals surface area contributed by atoms with E-state index in [9.17, 15) is 9.67 Å². The third-order valence-electron chi connectivity index (χ3n) is 3.70. The van der Waals surface area contributed by atoms with E-state index >= 15 is 0 Å². The zero-order valence-electron chi connectivity index (χ0n) is 11.9. The molecule has 0 amide bonds. The van der Waals surface area contributed by atoms with Crippen molar-refractivity contribution in [1.82, 2.24) is 0 Å². The van der Waals surface area contributed by atoms with Gasteiger partial charge in [0.1, 0.15) is 7.14 Å².